The highest BCUT2D eigenvalue weighted by atomic mass is 16.5. The molecule has 21 heavy (non-hydrogen) atoms. The molecular formula is C17H24N2O2. The van der Waals surface area contributed by atoms with Gasteiger partial charge in [0.1, 0.15) is 11.8 Å². The van der Waals surface area contributed by atoms with Crippen LogP contribution < -0.4 is 5.73 Å². The van der Waals surface area contributed by atoms with E-state index in [0.717, 1.165) is 12.8 Å². The molecule has 0 aromatic carbocycles. The van der Waals surface area contributed by atoms with Crippen LogP contribution in [0.15, 0.2) is 22.8 Å². The molecule has 0 saturated carbocycles. The van der Waals surface area contributed by atoms with Gasteiger partial charge in [-0.25, -0.2) is 0 Å². The minimum atomic E-state index is -0.206. The Morgan fingerprint density at radius 3 is 2.71 bits per heavy atom. The molecule has 0 fully saturated rings. The van der Waals surface area contributed by atoms with Gasteiger partial charge in [0.15, 0.2) is 5.78 Å². The van der Waals surface area contributed by atoms with Gasteiger partial charge in [-0.2, -0.15) is 5.26 Å². The largest absolute Gasteiger partial charge is 0.444 e. The summed E-state index contributed by atoms with van der Waals surface area (Å²) in [7, 11) is 0. The summed E-state index contributed by atoms with van der Waals surface area (Å²) in [5.74, 6) is 0.967. The number of hydrogen-bond acceptors (Lipinski definition) is 4. The van der Waals surface area contributed by atoms with E-state index >= 15 is 0 Å². The van der Waals surface area contributed by atoms with E-state index < -0.39 is 0 Å². The zero-order valence-electron chi connectivity index (χ0n) is 13.3. The standard InChI is InChI=1S/C17H24N2O2/c1-5-6-10(2)14-11(9-18)16(19)21-13-8-17(3,4)7-12(20)15(13)14/h10,14H,5-8,19H2,1-4H3/t10-,14+/m0/s1. The first-order chi connectivity index (χ1) is 9.80. The number of ketones is 1. The Morgan fingerprint density at radius 1 is 1.48 bits per heavy atom. The van der Waals surface area contributed by atoms with Crippen molar-refractivity contribution in [1.82, 2.24) is 0 Å². The fourth-order valence-corrected chi connectivity index (χ4v) is 3.52. The van der Waals surface area contributed by atoms with Gasteiger partial charge in [0.2, 0.25) is 5.88 Å². The molecule has 0 amide bonds. The summed E-state index contributed by atoms with van der Waals surface area (Å²) in [5, 5.41) is 9.43. The van der Waals surface area contributed by atoms with E-state index in [-0.39, 0.29) is 28.9 Å². The molecule has 2 rings (SSSR count). The van der Waals surface area contributed by atoms with Gasteiger partial charge < -0.3 is 10.5 Å². The first-order valence-corrected chi connectivity index (χ1v) is 7.64. The van der Waals surface area contributed by atoms with Gasteiger partial charge in [-0.1, -0.05) is 40.5 Å². The van der Waals surface area contributed by atoms with Crippen molar-refractivity contribution >= 4 is 5.78 Å². The first kappa shape index (κ1) is 15.6. The molecule has 0 aromatic rings. The molecular weight excluding hydrogens is 264 g/mol. The summed E-state index contributed by atoms with van der Waals surface area (Å²) < 4.78 is 5.65. The van der Waals surface area contributed by atoms with Crippen LogP contribution >= 0.6 is 0 Å². The molecule has 2 atom stereocenters. The molecule has 2 aliphatic rings. The number of allylic oxidation sites excluding steroid dienone is 3. The molecule has 0 radical (unpaired) electrons. The molecule has 0 unspecified atom stereocenters. The van der Waals surface area contributed by atoms with Gasteiger partial charge in [-0.3, -0.25) is 4.79 Å². The van der Waals surface area contributed by atoms with E-state index in [1.54, 1.807) is 0 Å². The van der Waals surface area contributed by atoms with E-state index in [1.165, 1.54) is 0 Å². The highest BCUT2D eigenvalue weighted by Gasteiger charge is 2.43. The van der Waals surface area contributed by atoms with E-state index in [4.69, 9.17) is 10.5 Å². The van der Waals surface area contributed by atoms with E-state index in [9.17, 15) is 10.1 Å². The monoisotopic (exact) mass is 288 g/mol. The van der Waals surface area contributed by atoms with E-state index in [0.29, 0.717) is 29.7 Å². The van der Waals surface area contributed by atoms with Crippen molar-refractivity contribution in [3.8, 4) is 6.07 Å². The number of nitrogens with zero attached hydrogens (tertiary/aromatic N) is 1. The molecule has 1 aliphatic carbocycles. The smallest absolute Gasteiger partial charge is 0.204 e. The van der Waals surface area contributed by atoms with Crippen LogP contribution in [0.3, 0.4) is 0 Å². The van der Waals surface area contributed by atoms with Crippen LogP contribution in [0.25, 0.3) is 0 Å². The maximum atomic E-state index is 12.6. The Bertz CT molecular complexity index is 564. The molecule has 0 spiro atoms. The quantitative estimate of drug-likeness (QED) is 0.863. The van der Waals surface area contributed by atoms with Gasteiger partial charge in [0, 0.05) is 24.3 Å². The van der Waals surface area contributed by atoms with Crippen LogP contribution in [0.1, 0.15) is 53.4 Å². The Kier molecular flexibility index (Phi) is 4.13. The highest BCUT2D eigenvalue weighted by molar-refractivity contribution is 5.98. The number of Topliss-reactive ketones (excluding diaryl/α,β-unsaturated/α-hetero) is 1. The molecule has 4 heteroatoms. The fraction of sp³-hybridized carbons (Fsp3) is 0.647. The molecule has 1 heterocycles. The molecule has 0 bridgehead atoms. The van der Waals surface area contributed by atoms with Crippen LogP contribution in [0, 0.1) is 28.6 Å². The average molecular weight is 288 g/mol. The van der Waals surface area contributed by atoms with E-state index in [1.807, 2.05) is 0 Å². The van der Waals surface area contributed by atoms with Crippen LogP contribution in [0.5, 0.6) is 0 Å². The third-order valence-electron chi connectivity index (χ3n) is 4.43. The highest BCUT2D eigenvalue weighted by Crippen LogP contribution is 2.46. The second-order valence-corrected chi connectivity index (χ2v) is 7.01. The summed E-state index contributed by atoms with van der Waals surface area (Å²) in [4.78, 5) is 12.6. The van der Waals surface area contributed by atoms with Crippen molar-refractivity contribution in [2.75, 3.05) is 0 Å². The average Bonchev–Trinajstić information content (AvgIpc) is 2.35. The lowest BCUT2D eigenvalue weighted by molar-refractivity contribution is -0.119. The van der Waals surface area contributed by atoms with Crippen molar-refractivity contribution in [2.24, 2.45) is 23.0 Å². The zero-order valence-corrected chi connectivity index (χ0v) is 13.3. The van der Waals surface area contributed by atoms with Gasteiger partial charge >= 0.3 is 0 Å². The van der Waals surface area contributed by atoms with Crippen LogP contribution in [0.2, 0.25) is 0 Å². The van der Waals surface area contributed by atoms with Crippen molar-refractivity contribution in [3.05, 3.63) is 22.8 Å². The van der Waals surface area contributed by atoms with Crippen molar-refractivity contribution in [2.45, 2.75) is 53.4 Å². The molecule has 0 aromatic heterocycles. The summed E-state index contributed by atoms with van der Waals surface area (Å²) in [6, 6.07) is 2.16. The number of ether oxygens (including phenoxy) is 1. The number of carbonyl (C=O) groups is 1. The minimum Gasteiger partial charge on any atom is -0.444 e. The third-order valence-corrected chi connectivity index (χ3v) is 4.43. The maximum absolute atomic E-state index is 12.6. The number of rotatable bonds is 3. The molecule has 114 valence electrons. The predicted molar refractivity (Wildman–Crippen MR) is 80.5 cm³/mol. The fourth-order valence-electron chi connectivity index (χ4n) is 3.52. The zero-order chi connectivity index (χ0) is 15.8. The summed E-state index contributed by atoms with van der Waals surface area (Å²) in [5.41, 5.74) is 6.95. The number of nitrogens with two attached hydrogens (primary N) is 1. The van der Waals surface area contributed by atoms with E-state index in [2.05, 4.69) is 33.8 Å². The Hall–Kier alpha value is -1.76. The van der Waals surface area contributed by atoms with Crippen LogP contribution in [0.4, 0.5) is 0 Å². The lowest BCUT2D eigenvalue weighted by Gasteiger charge is -2.38. The number of hydrogen-bond donors (Lipinski definition) is 1. The topological polar surface area (TPSA) is 76.1 Å². The van der Waals surface area contributed by atoms with Crippen molar-refractivity contribution < 1.29 is 9.53 Å². The summed E-state index contributed by atoms with van der Waals surface area (Å²) in [6.07, 6.45) is 3.17. The van der Waals surface area contributed by atoms with Gasteiger partial charge in [-0.05, 0) is 11.3 Å². The SMILES string of the molecule is CCC[C@H](C)[C@@H]1C(C#N)=C(N)OC2=C1C(=O)CC(C)(C)C2. The van der Waals surface area contributed by atoms with Crippen molar-refractivity contribution in [3.63, 3.8) is 0 Å². The molecule has 4 nitrogen and oxygen atoms in total. The molecule has 1 aliphatic heterocycles. The Balaban J connectivity index is 2.50. The predicted octanol–water partition coefficient (Wildman–Crippen LogP) is 3.41. The minimum absolute atomic E-state index is 0.106. The maximum Gasteiger partial charge on any atom is 0.204 e. The molecule has 2 N–H and O–H groups in total. The third kappa shape index (κ3) is 2.83. The normalized spacial score (nSPS) is 26.0. The Labute approximate surface area is 126 Å². The number of carbonyl (C=O) groups excluding carboxylic acids is 1. The second-order valence-electron chi connectivity index (χ2n) is 7.01. The Morgan fingerprint density at radius 2 is 2.14 bits per heavy atom. The summed E-state index contributed by atoms with van der Waals surface area (Å²) >= 11 is 0. The van der Waals surface area contributed by atoms with Crippen molar-refractivity contribution in [1.29, 1.82) is 5.26 Å². The summed E-state index contributed by atoms with van der Waals surface area (Å²) in [6.45, 7) is 8.31. The molecule has 0 saturated heterocycles. The lowest BCUT2D eigenvalue weighted by atomic mass is 9.68. The first-order valence-electron chi connectivity index (χ1n) is 7.64. The number of nitriles is 1. The second kappa shape index (κ2) is 5.55. The van der Waals surface area contributed by atoms with Crippen LogP contribution in [-0.4, -0.2) is 5.78 Å². The lowest BCUT2D eigenvalue weighted by Crippen LogP contribution is -2.36. The van der Waals surface area contributed by atoms with Gasteiger partial charge in [-0.15, -0.1) is 0 Å². The van der Waals surface area contributed by atoms with Crippen LogP contribution in [-0.2, 0) is 9.53 Å². The van der Waals surface area contributed by atoms with Gasteiger partial charge in [0.05, 0.1) is 5.57 Å². The van der Waals surface area contributed by atoms with Gasteiger partial charge in [0.25, 0.3) is 0 Å².